The van der Waals surface area contributed by atoms with Crippen molar-refractivity contribution < 1.29 is 31.2 Å². The third-order valence-electron chi connectivity index (χ3n) is 5.91. The molecule has 2 aliphatic rings. The van der Waals surface area contributed by atoms with Gasteiger partial charge in [0.05, 0.1) is 28.6 Å². The molecule has 4 rings (SSSR count). The highest BCUT2D eigenvalue weighted by atomic mass is 32.2. The molecule has 184 valence electrons. The van der Waals surface area contributed by atoms with Gasteiger partial charge in [-0.3, -0.25) is 10.1 Å². The van der Waals surface area contributed by atoms with E-state index in [9.17, 15) is 31.7 Å². The van der Waals surface area contributed by atoms with Gasteiger partial charge >= 0.3 is 6.18 Å². The maximum Gasteiger partial charge on any atom is 0.416 e. The molecule has 9 nitrogen and oxygen atoms in total. The van der Waals surface area contributed by atoms with Crippen molar-refractivity contribution in [3.8, 4) is 0 Å². The van der Waals surface area contributed by atoms with E-state index in [-0.39, 0.29) is 42.6 Å². The largest absolute Gasteiger partial charge is 0.416 e. The van der Waals surface area contributed by atoms with E-state index in [1.807, 2.05) is 0 Å². The molecule has 2 saturated heterocycles. The fourth-order valence-corrected chi connectivity index (χ4v) is 5.53. The number of rotatable bonds is 5. The summed E-state index contributed by atoms with van der Waals surface area (Å²) in [4.78, 5) is 14.5. The van der Waals surface area contributed by atoms with Crippen LogP contribution >= 0.6 is 0 Å². The number of hydrogen-bond acceptors (Lipinski definition) is 7. The smallest absolute Gasteiger partial charge is 0.379 e. The van der Waals surface area contributed by atoms with Crippen LogP contribution in [0.5, 0.6) is 0 Å². The first-order valence-electron chi connectivity index (χ1n) is 10.6. The molecule has 0 amide bonds. The number of nitrogens with zero attached hydrogens (tertiary/aromatic N) is 4. The summed E-state index contributed by atoms with van der Waals surface area (Å²) in [7, 11) is -3.90. The van der Waals surface area contributed by atoms with Crippen molar-refractivity contribution in [2.75, 3.05) is 62.3 Å². The Labute approximate surface area is 194 Å². The number of morpholine rings is 1. The van der Waals surface area contributed by atoms with Gasteiger partial charge in [0.2, 0.25) is 10.0 Å². The summed E-state index contributed by atoms with van der Waals surface area (Å²) < 4.78 is 71.3. The minimum Gasteiger partial charge on any atom is -0.379 e. The molecular formula is C21H23F3N4O5S. The van der Waals surface area contributed by atoms with Crippen LogP contribution in [0.1, 0.15) is 5.56 Å². The summed E-state index contributed by atoms with van der Waals surface area (Å²) >= 11 is 0. The Balaban J connectivity index is 1.52. The van der Waals surface area contributed by atoms with Crippen molar-refractivity contribution in [3.63, 3.8) is 0 Å². The average molecular weight is 500 g/mol. The number of hydrogen-bond donors (Lipinski definition) is 0. The van der Waals surface area contributed by atoms with Gasteiger partial charge in [-0.15, -0.1) is 0 Å². The van der Waals surface area contributed by atoms with Crippen LogP contribution in [-0.2, 0) is 20.9 Å². The third kappa shape index (κ3) is 4.95. The molecular weight excluding hydrogens is 477 g/mol. The van der Waals surface area contributed by atoms with Crippen LogP contribution in [0.4, 0.5) is 30.2 Å². The fourth-order valence-electron chi connectivity index (χ4n) is 4.10. The SMILES string of the molecule is O=[N+]([O-])c1cc(S(=O)(=O)N2CCOCC2)ccc1N1CCN(c2cccc(C(F)(F)F)c2)CC1. The summed E-state index contributed by atoms with van der Waals surface area (Å²) in [6.45, 7) is 2.23. The molecule has 0 unspecified atom stereocenters. The zero-order chi connectivity index (χ0) is 24.5. The Bertz CT molecular complexity index is 1160. The van der Waals surface area contributed by atoms with Gasteiger partial charge in [-0.05, 0) is 30.3 Å². The molecule has 2 heterocycles. The Morgan fingerprint density at radius 2 is 1.56 bits per heavy atom. The topological polar surface area (TPSA) is 96.2 Å². The lowest BCUT2D eigenvalue weighted by molar-refractivity contribution is -0.384. The normalized spacial score (nSPS) is 18.2. The second-order valence-corrected chi connectivity index (χ2v) is 9.88. The molecule has 2 aromatic rings. The molecule has 0 saturated carbocycles. The lowest BCUT2D eigenvalue weighted by Crippen LogP contribution is -2.46. The molecule has 34 heavy (non-hydrogen) atoms. The number of sulfonamides is 1. The highest BCUT2D eigenvalue weighted by molar-refractivity contribution is 7.89. The van der Waals surface area contributed by atoms with E-state index in [1.54, 1.807) is 15.9 Å². The van der Waals surface area contributed by atoms with Gasteiger partial charge < -0.3 is 14.5 Å². The summed E-state index contributed by atoms with van der Waals surface area (Å²) in [5.41, 5.74) is -0.368. The first kappa shape index (κ1) is 24.2. The first-order valence-corrected chi connectivity index (χ1v) is 12.0. The van der Waals surface area contributed by atoms with Crippen LogP contribution in [0.25, 0.3) is 0 Å². The maximum absolute atomic E-state index is 13.0. The number of piperazine rings is 1. The summed E-state index contributed by atoms with van der Waals surface area (Å²) in [5.74, 6) is 0. The van der Waals surface area contributed by atoms with Crippen molar-refractivity contribution >= 4 is 27.1 Å². The second-order valence-electron chi connectivity index (χ2n) is 7.95. The average Bonchev–Trinajstić information content (AvgIpc) is 2.84. The summed E-state index contributed by atoms with van der Waals surface area (Å²) in [6.07, 6.45) is -4.44. The van der Waals surface area contributed by atoms with Gasteiger partial charge in [-0.25, -0.2) is 8.42 Å². The molecule has 2 aliphatic heterocycles. The van der Waals surface area contributed by atoms with E-state index in [0.29, 0.717) is 31.9 Å². The molecule has 0 spiro atoms. The van der Waals surface area contributed by atoms with Crippen molar-refractivity contribution in [1.29, 1.82) is 0 Å². The molecule has 2 fully saturated rings. The zero-order valence-electron chi connectivity index (χ0n) is 18.1. The molecule has 0 N–H and O–H groups in total. The Kier molecular flexibility index (Phi) is 6.69. The molecule has 0 radical (unpaired) electrons. The van der Waals surface area contributed by atoms with Crippen LogP contribution in [0.2, 0.25) is 0 Å². The van der Waals surface area contributed by atoms with Crippen LogP contribution < -0.4 is 9.80 Å². The number of halogens is 3. The van der Waals surface area contributed by atoms with E-state index < -0.39 is 26.7 Å². The number of anilines is 2. The Morgan fingerprint density at radius 1 is 0.912 bits per heavy atom. The zero-order valence-corrected chi connectivity index (χ0v) is 18.9. The number of alkyl halides is 3. The fraction of sp³-hybridized carbons (Fsp3) is 0.429. The Hall–Kier alpha value is -2.90. The van der Waals surface area contributed by atoms with E-state index in [4.69, 9.17) is 4.74 Å². The van der Waals surface area contributed by atoms with Crippen molar-refractivity contribution in [1.82, 2.24) is 4.31 Å². The minimum absolute atomic E-state index is 0.160. The van der Waals surface area contributed by atoms with Crippen LogP contribution in [-0.4, -0.2) is 70.1 Å². The molecule has 13 heteroatoms. The first-order chi connectivity index (χ1) is 16.1. The quantitative estimate of drug-likeness (QED) is 0.460. The Morgan fingerprint density at radius 3 is 2.18 bits per heavy atom. The van der Waals surface area contributed by atoms with E-state index >= 15 is 0 Å². The summed E-state index contributed by atoms with van der Waals surface area (Å²) in [6, 6.07) is 8.89. The molecule has 0 aromatic heterocycles. The highest BCUT2D eigenvalue weighted by Gasteiger charge is 2.32. The number of benzene rings is 2. The van der Waals surface area contributed by atoms with Crippen molar-refractivity contribution in [2.45, 2.75) is 11.1 Å². The van der Waals surface area contributed by atoms with Gasteiger partial charge in [0, 0.05) is 51.0 Å². The van der Waals surface area contributed by atoms with E-state index in [2.05, 4.69) is 0 Å². The van der Waals surface area contributed by atoms with Gasteiger partial charge in [-0.2, -0.15) is 17.5 Å². The van der Waals surface area contributed by atoms with Crippen molar-refractivity contribution in [2.24, 2.45) is 0 Å². The predicted molar refractivity (Wildman–Crippen MR) is 119 cm³/mol. The van der Waals surface area contributed by atoms with Crippen molar-refractivity contribution in [3.05, 3.63) is 58.1 Å². The number of nitro groups is 1. The monoisotopic (exact) mass is 500 g/mol. The lowest BCUT2D eigenvalue weighted by Gasteiger charge is -2.37. The van der Waals surface area contributed by atoms with E-state index in [0.717, 1.165) is 18.2 Å². The molecule has 0 bridgehead atoms. The highest BCUT2D eigenvalue weighted by Crippen LogP contribution is 2.34. The number of nitro benzene ring substituents is 1. The summed E-state index contributed by atoms with van der Waals surface area (Å²) in [5, 5.41) is 11.8. The van der Waals surface area contributed by atoms with E-state index in [1.165, 1.54) is 22.5 Å². The molecule has 0 aliphatic carbocycles. The second kappa shape index (κ2) is 9.39. The molecule has 0 atom stereocenters. The van der Waals surface area contributed by atoms with Gasteiger partial charge in [0.15, 0.2) is 0 Å². The third-order valence-corrected chi connectivity index (χ3v) is 7.81. The van der Waals surface area contributed by atoms with Gasteiger partial charge in [0.1, 0.15) is 5.69 Å². The van der Waals surface area contributed by atoms with Gasteiger partial charge in [0.25, 0.3) is 5.69 Å². The van der Waals surface area contributed by atoms with Crippen LogP contribution in [0, 0.1) is 10.1 Å². The maximum atomic E-state index is 13.0. The predicted octanol–water partition coefficient (Wildman–Crippen LogP) is 2.96. The lowest BCUT2D eigenvalue weighted by atomic mass is 10.1. The standard InChI is InChI=1S/C21H23F3N4O5S/c22-21(23,24)16-2-1-3-17(14-16)25-6-8-26(9-7-25)19-5-4-18(15-20(19)28(29)30)34(31,32)27-10-12-33-13-11-27/h1-5,14-15H,6-13H2. The van der Waals surface area contributed by atoms with Gasteiger partial charge in [-0.1, -0.05) is 6.07 Å². The number of ether oxygens (including phenoxy) is 1. The minimum atomic E-state index is -4.44. The molecule has 2 aromatic carbocycles. The van der Waals surface area contributed by atoms with Crippen LogP contribution in [0.3, 0.4) is 0 Å². The van der Waals surface area contributed by atoms with Crippen LogP contribution in [0.15, 0.2) is 47.4 Å².